The van der Waals surface area contributed by atoms with Crippen LogP contribution in [0.2, 0.25) is 0 Å². The van der Waals surface area contributed by atoms with Gasteiger partial charge in [0.15, 0.2) is 0 Å². The molecule has 1 heterocycles. The zero-order chi connectivity index (χ0) is 8.55. The largest absolute Gasteiger partial charge is 0.398 e. The number of nitrogens with one attached hydrogen (secondary N) is 1. The second kappa shape index (κ2) is 2.52. The van der Waals surface area contributed by atoms with Crippen molar-refractivity contribution in [1.29, 1.82) is 0 Å². The average molecular weight is 162 g/mol. The van der Waals surface area contributed by atoms with Crippen molar-refractivity contribution in [2.24, 2.45) is 0 Å². The molecule has 1 aliphatic rings. The van der Waals surface area contributed by atoms with Crippen LogP contribution in [0.3, 0.4) is 0 Å². The van der Waals surface area contributed by atoms with Crippen LogP contribution >= 0.6 is 0 Å². The number of nitrogen functional groups attached to an aromatic ring is 1. The summed E-state index contributed by atoms with van der Waals surface area (Å²) in [6.45, 7) is 0. The van der Waals surface area contributed by atoms with E-state index in [-0.39, 0.29) is 5.91 Å². The molecule has 3 nitrogen and oxygen atoms in total. The monoisotopic (exact) mass is 162 g/mol. The molecular weight excluding hydrogens is 152 g/mol. The summed E-state index contributed by atoms with van der Waals surface area (Å²) in [5.74, 6) is 0.0769. The summed E-state index contributed by atoms with van der Waals surface area (Å²) in [4.78, 5) is 11.0. The third-order valence-corrected chi connectivity index (χ3v) is 2.09. The molecule has 1 aliphatic heterocycles. The first-order chi connectivity index (χ1) is 5.77. The molecule has 12 heavy (non-hydrogen) atoms. The lowest BCUT2D eigenvalue weighted by molar-refractivity contribution is -0.116. The van der Waals surface area contributed by atoms with E-state index in [1.807, 2.05) is 18.2 Å². The van der Waals surface area contributed by atoms with Gasteiger partial charge in [0, 0.05) is 17.8 Å². The Balaban J connectivity index is 2.48. The number of anilines is 2. The molecule has 62 valence electrons. The van der Waals surface area contributed by atoms with Crippen LogP contribution < -0.4 is 11.1 Å². The van der Waals surface area contributed by atoms with E-state index in [1.54, 1.807) is 0 Å². The van der Waals surface area contributed by atoms with Gasteiger partial charge in [0.1, 0.15) is 0 Å². The molecule has 0 bridgehead atoms. The lowest BCUT2D eigenvalue weighted by Gasteiger charge is -2.17. The van der Waals surface area contributed by atoms with Crippen LogP contribution in [-0.2, 0) is 11.2 Å². The van der Waals surface area contributed by atoms with Crippen molar-refractivity contribution in [3.63, 3.8) is 0 Å². The van der Waals surface area contributed by atoms with Gasteiger partial charge in [-0.2, -0.15) is 0 Å². The minimum absolute atomic E-state index is 0.0769. The van der Waals surface area contributed by atoms with Crippen LogP contribution in [0.25, 0.3) is 0 Å². The van der Waals surface area contributed by atoms with Gasteiger partial charge in [-0.25, -0.2) is 0 Å². The quantitative estimate of drug-likeness (QED) is 0.562. The minimum atomic E-state index is 0.0769. The summed E-state index contributed by atoms with van der Waals surface area (Å²) in [5, 5.41) is 2.78. The molecule has 0 atom stereocenters. The van der Waals surface area contributed by atoms with Gasteiger partial charge in [0.05, 0.1) is 0 Å². The van der Waals surface area contributed by atoms with Gasteiger partial charge in [0.25, 0.3) is 0 Å². The van der Waals surface area contributed by atoms with E-state index in [4.69, 9.17) is 5.73 Å². The molecule has 0 radical (unpaired) electrons. The van der Waals surface area contributed by atoms with Crippen molar-refractivity contribution in [2.75, 3.05) is 11.1 Å². The van der Waals surface area contributed by atoms with Crippen LogP contribution in [0.15, 0.2) is 18.2 Å². The zero-order valence-electron chi connectivity index (χ0n) is 6.63. The van der Waals surface area contributed by atoms with Crippen LogP contribution in [0.5, 0.6) is 0 Å². The number of rotatable bonds is 0. The standard InChI is InChI=1S/C9H10N2O/c10-7-2-1-3-8-6(7)4-5-9(12)11-8/h1-3H,4-5,10H2,(H,11,12). The maximum Gasteiger partial charge on any atom is 0.224 e. The molecule has 0 fully saturated rings. The molecular formula is C9H10N2O. The summed E-state index contributed by atoms with van der Waals surface area (Å²) in [7, 11) is 0. The highest BCUT2D eigenvalue weighted by Gasteiger charge is 2.15. The summed E-state index contributed by atoms with van der Waals surface area (Å²) in [6.07, 6.45) is 1.30. The first kappa shape index (κ1) is 7.16. The Morgan fingerprint density at radius 2 is 2.17 bits per heavy atom. The average Bonchev–Trinajstić information content (AvgIpc) is 2.04. The Morgan fingerprint density at radius 3 is 3.00 bits per heavy atom. The highest BCUT2D eigenvalue weighted by atomic mass is 16.1. The number of carbonyl (C=O) groups excluding carboxylic acids is 1. The maximum atomic E-state index is 11.0. The van der Waals surface area contributed by atoms with Crippen molar-refractivity contribution in [3.05, 3.63) is 23.8 Å². The fourth-order valence-corrected chi connectivity index (χ4v) is 1.45. The van der Waals surface area contributed by atoms with Crippen molar-refractivity contribution in [2.45, 2.75) is 12.8 Å². The summed E-state index contributed by atoms with van der Waals surface area (Å²) >= 11 is 0. The number of hydrogen-bond acceptors (Lipinski definition) is 2. The third kappa shape index (κ3) is 1.03. The fourth-order valence-electron chi connectivity index (χ4n) is 1.45. The Hall–Kier alpha value is -1.51. The number of nitrogens with two attached hydrogens (primary N) is 1. The van der Waals surface area contributed by atoms with Gasteiger partial charge < -0.3 is 11.1 Å². The van der Waals surface area contributed by atoms with Crippen molar-refractivity contribution >= 4 is 17.3 Å². The summed E-state index contributed by atoms with van der Waals surface area (Å²) < 4.78 is 0. The SMILES string of the molecule is Nc1cccc2c1CCC(=O)N2. The molecule has 0 aromatic heterocycles. The van der Waals surface area contributed by atoms with Gasteiger partial charge >= 0.3 is 0 Å². The lowest BCUT2D eigenvalue weighted by atomic mass is 10.0. The van der Waals surface area contributed by atoms with Crippen LogP contribution in [0.4, 0.5) is 11.4 Å². The second-order valence-electron chi connectivity index (χ2n) is 2.92. The minimum Gasteiger partial charge on any atom is -0.398 e. The van der Waals surface area contributed by atoms with E-state index < -0.39 is 0 Å². The number of fused-ring (bicyclic) bond motifs is 1. The Bertz CT molecular complexity index is 333. The van der Waals surface area contributed by atoms with E-state index in [1.165, 1.54) is 0 Å². The number of benzene rings is 1. The van der Waals surface area contributed by atoms with Gasteiger partial charge in [0.2, 0.25) is 5.91 Å². The predicted octanol–water partition coefficient (Wildman–Crippen LogP) is 1.15. The van der Waals surface area contributed by atoms with Crippen molar-refractivity contribution < 1.29 is 4.79 Å². The smallest absolute Gasteiger partial charge is 0.224 e. The molecule has 0 aliphatic carbocycles. The van der Waals surface area contributed by atoms with Gasteiger partial charge in [-0.05, 0) is 24.1 Å². The Labute approximate surface area is 70.6 Å². The maximum absolute atomic E-state index is 11.0. The molecule has 1 aromatic carbocycles. The van der Waals surface area contributed by atoms with Crippen molar-refractivity contribution in [3.8, 4) is 0 Å². The Morgan fingerprint density at radius 1 is 1.33 bits per heavy atom. The Kier molecular flexibility index (Phi) is 1.50. The van der Waals surface area contributed by atoms with E-state index in [0.717, 1.165) is 23.4 Å². The first-order valence-electron chi connectivity index (χ1n) is 3.94. The third-order valence-electron chi connectivity index (χ3n) is 2.09. The molecule has 0 spiro atoms. The molecule has 0 saturated carbocycles. The molecule has 0 unspecified atom stereocenters. The van der Waals surface area contributed by atoms with Gasteiger partial charge in [-0.15, -0.1) is 0 Å². The fraction of sp³-hybridized carbons (Fsp3) is 0.222. The second-order valence-corrected chi connectivity index (χ2v) is 2.92. The number of hydrogen-bond donors (Lipinski definition) is 2. The first-order valence-corrected chi connectivity index (χ1v) is 3.94. The topological polar surface area (TPSA) is 55.1 Å². The van der Waals surface area contributed by atoms with E-state index >= 15 is 0 Å². The molecule has 3 heteroatoms. The molecule has 0 saturated heterocycles. The van der Waals surface area contributed by atoms with Crippen LogP contribution in [0.1, 0.15) is 12.0 Å². The van der Waals surface area contributed by atoms with Gasteiger partial charge in [-0.3, -0.25) is 4.79 Å². The highest BCUT2D eigenvalue weighted by molar-refractivity contribution is 5.95. The van der Waals surface area contributed by atoms with E-state index in [2.05, 4.69) is 5.32 Å². The highest BCUT2D eigenvalue weighted by Crippen LogP contribution is 2.26. The molecule has 2 rings (SSSR count). The lowest BCUT2D eigenvalue weighted by Crippen LogP contribution is -2.19. The predicted molar refractivity (Wildman–Crippen MR) is 47.8 cm³/mol. The molecule has 1 amide bonds. The molecule has 1 aromatic rings. The zero-order valence-corrected chi connectivity index (χ0v) is 6.63. The van der Waals surface area contributed by atoms with E-state index in [0.29, 0.717) is 6.42 Å². The summed E-state index contributed by atoms with van der Waals surface area (Å²) in [5.41, 5.74) is 8.44. The number of carbonyl (C=O) groups is 1. The normalized spacial score (nSPS) is 15.2. The van der Waals surface area contributed by atoms with E-state index in [9.17, 15) is 4.79 Å². The van der Waals surface area contributed by atoms with Crippen LogP contribution in [-0.4, -0.2) is 5.91 Å². The van der Waals surface area contributed by atoms with Crippen molar-refractivity contribution in [1.82, 2.24) is 0 Å². The molecule has 3 N–H and O–H groups in total. The summed E-state index contributed by atoms with van der Waals surface area (Å²) in [6, 6.07) is 5.58. The van der Waals surface area contributed by atoms with Crippen LogP contribution in [0, 0.1) is 0 Å². The number of amides is 1. The van der Waals surface area contributed by atoms with Gasteiger partial charge in [-0.1, -0.05) is 6.07 Å².